The second kappa shape index (κ2) is 6.57. The van der Waals surface area contributed by atoms with Crippen molar-refractivity contribution in [2.24, 2.45) is 5.73 Å². The van der Waals surface area contributed by atoms with Crippen LogP contribution in [0.25, 0.3) is 0 Å². The van der Waals surface area contributed by atoms with Gasteiger partial charge in [-0.2, -0.15) is 0 Å². The van der Waals surface area contributed by atoms with E-state index in [1.807, 2.05) is 14.0 Å². The van der Waals surface area contributed by atoms with Gasteiger partial charge in [-0.1, -0.05) is 0 Å². The van der Waals surface area contributed by atoms with Crippen molar-refractivity contribution in [1.29, 1.82) is 0 Å². The van der Waals surface area contributed by atoms with E-state index in [1.54, 1.807) is 13.2 Å². The van der Waals surface area contributed by atoms with Crippen LogP contribution in [0.4, 0.5) is 10.1 Å². The van der Waals surface area contributed by atoms with Crippen molar-refractivity contribution < 1.29 is 9.13 Å². The Labute approximate surface area is 102 Å². The molecule has 1 aromatic rings. The standard InChI is InChI=1S/C13H21FN2O/c1-10(15)12-9-11(14)5-6-13(12)16(2)7-4-8-17-3/h5-6,9-10H,4,7-8,15H2,1-3H3. The summed E-state index contributed by atoms with van der Waals surface area (Å²) in [5.74, 6) is -0.244. The molecule has 0 fully saturated rings. The first kappa shape index (κ1) is 13.9. The number of nitrogens with two attached hydrogens (primary N) is 1. The second-order valence-corrected chi connectivity index (χ2v) is 4.26. The van der Waals surface area contributed by atoms with Gasteiger partial charge in [-0.25, -0.2) is 4.39 Å². The Balaban J connectivity index is 2.81. The summed E-state index contributed by atoms with van der Waals surface area (Å²) in [7, 11) is 3.67. The maximum absolute atomic E-state index is 13.2. The van der Waals surface area contributed by atoms with Gasteiger partial charge in [0.15, 0.2) is 0 Å². The van der Waals surface area contributed by atoms with Crippen LogP contribution in [0.15, 0.2) is 18.2 Å². The first-order valence-corrected chi connectivity index (χ1v) is 5.81. The minimum absolute atomic E-state index is 0.175. The summed E-state index contributed by atoms with van der Waals surface area (Å²) >= 11 is 0. The topological polar surface area (TPSA) is 38.5 Å². The molecular weight excluding hydrogens is 219 g/mol. The molecule has 0 amide bonds. The van der Waals surface area contributed by atoms with Gasteiger partial charge in [-0.05, 0) is 37.1 Å². The summed E-state index contributed by atoms with van der Waals surface area (Å²) in [4.78, 5) is 2.08. The smallest absolute Gasteiger partial charge is 0.123 e. The molecule has 3 nitrogen and oxygen atoms in total. The maximum Gasteiger partial charge on any atom is 0.123 e. The summed E-state index contributed by atoms with van der Waals surface area (Å²) < 4.78 is 18.2. The number of halogens is 1. The molecule has 1 atom stereocenters. The SMILES string of the molecule is COCCCN(C)c1ccc(F)cc1C(C)N. The highest BCUT2D eigenvalue weighted by atomic mass is 19.1. The fourth-order valence-electron chi connectivity index (χ4n) is 1.80. The number of ether oxygens (including phenoxy) is 1. The molecule has 0 saturated carbocycles. The fourth-order valence-corrected chi connectivity index (χ4v) is 1.80. The molecule has 1 aromatic carbocycles. The van der Waals surface area contributed by atoms with Crippen LogP contribution in [0.1, 0.15) is 24.9 Å². The van der Waals surface area contributed by atoms with Crippen molar-refractivity contribution in [3.8, 4) is 0 Å². The Kier molecular flexibility index (Phi) is 5.38. The Morgan fingerprint density at radius 2 is 2.18 bits per heavy atom. The van der Waals surface area contributed by atoms with Crippen LogP contribution in [0.3, 0.4) is 0 Å². The van der Waals surface area contributed by atoms with Gasteiger partial charge in [0.1, 0.15) is 5.82 Å². The van der Waals surface area contributed by atoms with Crippen molar-refractivity contribution in [2.75, 3.05) is 32.2 Å². The molecule has 2 N–H and O–H groups in total. The monoisotopic (exact) mass is 240 g/mol. The molecule has 0 aliphatic heterocycles. The molecule has 17 heavy (non-hydrogen) atoms. The van der Waals surface area contributed by atoms with Crippen molar-refractivity contribution in [3.05, 3.63) is 29.6 Å². The molecule has 0 aliphatic rings. The van der Waals surface area contributed by atoms with Crippen LogP contribution in [-0.2, 0) is 4.74 Å². The van der Waals surface area contributed by atoms with E-state index in [1.165, 1.54) is 12.1 Å². The minimum Gasteiger partial charge on any atom is -0.385 e. The zero-order chi connectivity index (χ0) is 12.8. The zero-order valence-electron chi connectivity index (χ0n) is 10.7. The molecule has 96 valence electrons. The van der Waals surface area contributed by atoms with Gasteiger partial charge >= 0.3 is 0 Å². The van der Waals surface area contributed by atoms with Crippen molar-refractivity contribution in [2.45, 2.75) is 19.4 Å². The van der Waals surface area contributed by atoms with E-state index >= 15 is 0 Å². The fraction of sp³-hybridized carbons (Fsp3) is 0.538. The Bertz CT molecular complexity index is 355. The quantitative estimate of drug-likeness (QED) is 0.775. The predicted octanol–water partition coefficient (Wildman–Crippen LogP) is 2.32. The first-order valence-electron chi connectivity index (χ1n) is 5.81. The Hall–Kier alpha value is -1.13. The largest absolute Gasteiger partial charge is 0.385 e. The molecular formula is C13H21FN2O. The van der Waals surface area contributed by atoms with E-state index in [-0.39, 0.29) is 11.9 Å². The predicted molar refractivity (Wildman–Crippen MR) is 68.8 cm³/mol. The number of nitrogens with zero attached hydrogens (tertiary/aromatic N) is 1. The summed E-state index contributed by atoms with van der Waals surface area (Å²) in [5, 5.41) is 0. The summed E-state index contributed by atoms with van der Waals surface area (Å²) in [6.07, 6.45) is 0.933. The summed E-state index contributed by atoms with van der Waals surface area (Å²) in [6.45, 7) is 3.44. The molecule has 4 heteroatoms. The van der Waals surface area contributed by atoms with Crippen LogP contribution in [0.5, 0.6) is 0 Å². The number of rotatable bonds is 6. The Morgan fingerprint density at radius 1 is 1.47 bits per heavy atom. The van der Waals surface area contributed by atoms with E-state index in [9.17, 15) is 4.39 Å². The molecule has 0 aliphatic carbocycles. The number of hydrogen-bond acceptors (Lipinski definition) is 3. The lowest BCUT2D eigenvalue weighted by molar-refractivity contribution is 0.196. The van der Waals surface area contributed by atoms with Gasteiger partial charge in [-0.3, -0.25) is 0 Å². The number of benzene rings is 1. The van der Waals surface area contributed by atoms with Gasteiger partial charge in [-0.15, -0.1) is 0 Å². The van der Waals surface area contributed by atoms with Gasteiger partial charge < -0.3 is 15.4 Å². The van der Waals surface area contributed by atoms with Gasteiger partial charge in [0.25, 0.3) is 0 Å². The van der Waals surface area contributed by atoms with Gasteiger partial charge in [0, 0.05) is 39.0 Å². The third-order valence-electron chi connectivity index (χ3n) is 2.73. The highest BCUT2D eigenvalue weighted by Gasteiger charge is 2.11. The normalized spacial score (nSPS) is 12.5. The number of anilines is 1. The van der Waals surface area contributed by atoms with Crippen LogP contribution in [0, 0.1) is 5.82 Å². The second-order valence-electron chi connectivity index (χ2n) is 4.26. The van der Waals surface area contributed by atoms with Crippen LogP contribution < -0.4 is 10.6 Å². The summed E-state index contributed by atoms with van der Waals surface area (Å²) in [6, 6.07) is 4.58. The zero-order valence-corrected chi connectivity index (χ0v) is 10.7. The van der Waals surface area contributed by atoms with Crippen LogP contribution in [-0.4, -0.2) is 27.3 Å². The first-order chi connectivity index (χ1) is 8.06. The van der Waals surface area contributed by atoms with Crippen molar-refractivity contribution in [3.63, 3.8) is 0 Å². The lowest BCUT2D eigenvalue weighted by Gasteiger charge is -2.24. The molecule has 1 rings (SSSR count). The minimum atomic E-state index is -0.244. The average Bonchev–Trinajstić information content (AvgIpc) is 2.29. The molecule has 0 aromatic heterocycles. The highest BCUT2D eigenvalue weighted by molar-refractivity contribution is 5.54. The number of methoxy groups -OCH3 is 1. The Morgan fingerprint density at radius 3 is 2.76 bits per heavy atom. The van der Waals surface area contributed by atoms with E-state index in [0.29, 0.717) is 0 Å². The van der Waals surface area contributed by atoms with Crippen LogP contribution >= 0.6 is 0 Å². The third-order valence-corrected chi connectivity index (χ3v) is 2.73. The van der Waals surface area contributed by atoms with Gasteiger partial charge in [0.2, 0.25) is 0 Å². The number of hydrogen-bond donors (Lipinski definition) is 1. The molecule has 0 saturated heterocycles. The highest BCUT2D eigenvalue weighted by Crippen LogP contribution is 2.25. The average molecular weight is 240 g/mol. The lowest BCUT2D eigenvalue weighted by Crippen LogP contribution is -2.22. The molecule has 0 radical (unpaired) electrons. The van der Waals surface area contributed by atoms with E-state index in [4.69, 9.17) is 10.5 Å². The lowest BCUT2D eigenvalue weighted by atomic mass is 10.1. The van der Waals surface area contributed by atoms with Crippen molar-refractivity contribution >= 4 is 5.69 Å². The molecule has 0 spiro atoms. The third kappa shape index (κ3) is 3.98. The summed E-state index contributed by atoms with van der Waals surface area (Å²) in [5.41, 5.74) is 7.68. The van der Waals surface area contributed by atoms with E-state index in [0.717, 1.165) is 30.8 Å². The molecule has 0 bridgehead atoms. The maximum atomic E-state index is 13.2. The van der Waals surface area contributed by atoms with E-state index in [2.05, 4.69) is 4.90 Å². The van der Waals surface area contributed by atoms with Crippen molar-refractivity contribution in [1.82, 2.24) is 0 Å². The van der Waals surface area contributed by atoms with Gasteiger partial charge in [0.05, 0.1) is 0 Å². The van der Waals surface area contributed by atoms with Crippen LogP contribution in [0.2, 0.25) is 0 Å². The molecule has 1 unspecified atom stereocenters. The molecule has 0 heterocycles. The van der Waals surface area contributed by atoms with E-state index < -0.39 is 0 Å².